The second kappa shape index (κ2) is 5.35. The molecule has 21 heavy (non-hydrogen) atoms. The Kier molecular flexibility index (Phi) is 3.53. The third-order valence-corrected chi connectivity index (χ3v) is 4.73. The maximum Gasteiger partial charge on any atom is 0.317 e. The van der Waals surface area contributed by atoms with Crippen LogP contribution in [0.1, 0.15) is 25.0 Å². The van der Waals surface area contributed by atoms with Crippen molar-refractivity contribution >= 4 is 12.0 Å². The number of hydrogen-bond acceptors (Lipinski definition) is 3. The van der Waals surface area contributed by atoms with Crippen molar-refractivity contribution in [3.63, 3.8) is 0 Å². The van der Waals surface area contributed by atoms with Crippen LogP contribution in [0.2, 0.25) is 0 Å². The Balaban J connectivity index is 1.61. The number of carboxylic acid groups (broad SMARTS) is 1. The van der Waals surface area contributed by atoms with Gasteiger partial charge in [0.1, 0.15) is 0 Å². The summed E-state index contributed by atoms with van der Waals surface area (Å²) in [4.78, 5) is 29.6. The molecule has 1 saturated carbocycles. The first-order valence-corrected chi connectivity index (χ1v) is 7.28. The van der Waals surface area contributed by atoms with E-state index in [-0.39, 0.29) is 11.9 Å². The number of aromatic nitrogens is 1. The molecule has 1 aromatic heterocycles. The minimum Gasteiger partial charge on any atom is -0.481 e. The number of urea groups is 1. The second-order valence-corrected chi connectivity index (χ2v) is 5.91. The number of carbonyl (C=O) groups is 2. The summed E-state index contributed by atoms with van der Waals surface area (Å²) < 4.78 is 0. The number of likely N-dealkylation sites (tertiary alicyclic amines) is 1. The minimum atomic E-state index is -0.759. The molecule has 0 unspecified atom stereocenters. The summed E-state index contributed by atoms with van der Waals surface area (Å²) in [5.41, 5.74) is 0.0701. The Hall–Kier alpha value is -2.11. The molecule has 1 saturated heterocycles. The molecule has 3 rings (SSSR count). The number of carboxylic acids is 1. The van der Waals surface area contributed by atoms with E-state index in [0.717, 1.165) is 18.5 Å². The van der Waals surface area contributed by atoms with Crippen molar-refractivity contribution < 1.29 is 14.7 Å². The molecule has 112 valence electrons. The number of hydrogen-bond donors (Lipinski definition) is 2. The van der Waals surface area contributed by atoms with Crippen LogP contribution in [0.5, 0.6) is 0 Å². The Labute approximate surface area is 123 Å². The highest BCUT2D eigenvalue weighted by Gasteiger charge is 2.55. The molecule has 2 N–H and O–H groups in total. The number of nitrogens with zero attached hydrogens (tertiary/aromatic N) is 2. The van der Waals surface area contributed by atoms with Crippen molar-refractivity contribution in [2.45, 2.75) is 25.8 Å². The maximum atomic E-state index is 12.2. The van der Waals surface area contributed by atoms with Crippen LogP contribution in [0.25, 0.3) is 0 Å². The van der Waals surface area contributed by atoms with Crippen LogP contribution in [-0.2, 0) is 11.3 Å². The van der Waals surface area contributed by atoms with Crippen molar-refractivity contribution in [3.05, 3.63) is 30.1 Å². The van der Waals surface area contributed by atoms with Crippen LogP contribution in [0.4, 0.5) is 4.79 Å². The average molecular weight is 289 g/mol. The molecule has 2 aliphatic rings. The molecule has 1 aliphatic heterocycles. The quantitative estimate of drug-likeness (QED) is 0.883. The lowest BCUT2D eigenvalue weighted by Crippen LogP contribution is -2.41. The molecule has 0 aromatic carbocycles. The van der Waals surface area contributed by atoms with Crippen molar-refractivity contribution in [3.8, 4) is 0 Å². The number of aliphatic carboxylic acids is 1. The van der Waals surface area contributed by atoms with Gasteiger partial charge in [0.15, 0.2) is 0 Å². The number of carbonyl (C=O) groups excluding carboxylic acids is 1. The number of nitrogens with one attached hydrogen (secondary N) is 1. The largest absolute Gasteiger partial charge is 0.481 e. The lowest BCUT2D eigenvalue weighted by molar-refractivity contribution is -0.149. The molecular formula is C15H19N3O3. The summed E-state index contributed by atoms with van der Waals surface area (Å²) in [5, 5.41) is 12.3. The SMILES string of the molecule is O=C(NCc1ccccn1)N1C[C@@H]2CCC[C@@]2(C(=O)O)C1. The van der Waals surface area contributed by atoms with Crippen LogP contribution in [0.15, 0.2) is 24.4 Å². The zero-order valence-corrected chi connectivity index (χ0v) is 11.8. The van der Waals surface area contributed by atoms with Crippen molar-refractivity contribution in [2.24, 2.45) is 11.3 Å². The van der Waals surface area contributed by atoms with Gasteiger partial charge in [0.25, 0.3) is 0 Å². The monoisotopic (exact) mass is 289 g/mol. The average Bonchev–Trinajstić information content (AvgIpc) is 3.03. The van der Waals surface area contributed by atoms with Gasteiger partial charge in [-0.3, -0.25) is 9.78 Å². The molecule has 2 atom stereocenters. The number of rotatable bonds is 3. The molecule has 2 fully saturated rings. The van der Waals surface area contributed by atoms with E-state index in [1.807, 2.05) is 18.2 Å². The van der Waals surface area contributed by atoms with Gasteiger partial charge in [-0.05, 0) is 30.9 Å². The fraction of sp³-hybridized carbons (Fsp3) is 0.533. The Morgan fingerprint density at radius 3 is 3.00 bits per heavy atom. The van der Waals surface area contributed by atoms with Gasteiger partial charge in [0.2, 0.25) is 0 Å². The Morgan fingerprint density at radius 1 is 1.48 bits per heavy atom. The third kappa shape index (κ3) is 2.46. The smallest absolute Gasteiger partial charge is 0.317 e. The molecule has 6 heteroatoms. The first kappa shape index (κ1) is 13.9. The van der Waals surface area contributed by atoms with E-state index in [0.29, 0.717) is 26.1 Å². The van der Waals surface area contributed by atoms with Crippen LogP contribution >= 0.6 is 0 Å². The fourth-order valence-corrected chi connectivity index (χ4v) is 3.57. The Bertz CT molecular complexity index is 548. The minimum absolute atomic E-state index is 0.0931. The number of pyridine rings is 1. The van der Waals surface area contributed by atoms with Gasteiger partial charge in [-0.25, -0.2) is 4.79 Å². The van der Waals surface area contributed by atoms with E-state index >= 15 is 0 Å². The normalized spacial score (nSPS) is 27.4. The highest BCUT2D eigenvalue weighted by atomic mass is 16.4. The van der Waals surface area contributed by atoms with Crippen LogP contribution in [0.3, 0.4) is 0 Å². The highest BCUT2D eigenvalue weighted by molar-refractivity contribution is 5.80. The van der Waals surface area contributed by atoms with Crippen LogP contribution < -0.4 is 5.32 Å². The lowest BCUT2D eigenvalue weighted by Gasteiger charge is -2.23. The van der Waals surface area contributed by atoms with Gasteiger partial charge in [-0.1, -0.05) is 12.5 Å². The van der Waals surface area contributed by atoms with Gasteiger partial charge in [-0.2, -0.15) is 0 Å². The Morgan fingerprint density at radius 2 is 2.33 bits per heavy atom. The maximum absolute atomic E-state index is 12.2. The molecule has 0 radical (unpaired) electrons. The predicted molar refractivity (Wildman–Crippen MR) is 75.5 cm³/mol. The lowest BCUT2D eigenvalue weighted by atomic mass is 9.81. The molecule has 0 bridgehead atoms. The van der Waals surface area contributed by atoms with Gasteiger partial charge < -0.3 is 15.3 Å². The molecule has 1 aromatic rings. The summed E-state index contributed by atoms with van der Waals surface area (Å²) in [5.74, 6) is -0.666. The van der Waals surface area contributed by atoms with Gasteiger partial charge >= 0.3 is 12.0 Å². The number of amides is 2. The fourth-order valence-electron chi connectivity index (χ4n) is 3.57. The van der Waals surface area contributed by atoms with E-state index in [2.05, 4.69) is 10.3 Å². The standard InChI is InChI=1S/C15H19N3O3/c19-13(20)15-6-3-4-11(15)9-18(10-15)14(21)17-8-12-5-1-2-7-16-12/h1-2,5,7,11H,3-4,6,8-10H2,(H,17,21)(H,19,20)/t11-,15+/m0/s1. The van der Waals surface area contributed by atoms with Crippen molar-refractivity contribution in [1.29, 1.82) is 0 Å². The van der Waals surface area contributed by atoms with Crippen LogP contribution in [0, 0.1) is 11.3 Å². The van der Waals surface area contributed by atoms with Crippen LogP contribution in [-0.4, -0.2) is 40.1 Å². The van der Waals surface area contributed by atoms with Gasteiger partial charge in [0, 0.05) is 19.3 Å². The zero-order valence-electron chi connectivity index (χ0n) is 11.8. The van der Waals surface area contributed by atoms with Gasteiger partial charge in [-0.15, -0.1) is 0 Å². The van der Waals surface area contributed by atoms with Crippen molar-refractivity contribution in [1.82, 2.24) is 15.2 Å². The predicted octanol–water partition coefficient (Wildman–Crippen LogP) is 1.48. The summed E-state index contributed by atoms with van der Waals surface area (Å²) >= 11 is 0. The molecule has 2 heterocycles. The molecule has 6 nitrogen and oxygen atoms in total. The molecular weight excluding hydrogens is 270 g/mol. The summed E-state index contributed by atoms with van der Waals surface area (Å²) in [6, 6.07) is 5.34. The van der Waals surface area contributed by atoms with E-state index in [9.17, 15) is 14.7 Å². The van der Waals surface area contributed by atoms with Gasteiger partial charge in [0.05, 0.1) is 17.7 Å². The summed E-state index contributed by atoms with van der Waals surface area (Å²) in [6.07, 6.45) is 4.20. The first-order valence-electron chi connectivity index (χ1n) is 7.28. The van der Waals surface area contributed by atoms with E-state index in [1.165, 1.54) is 0 Å². The molecule has 2 amide bonds. The highest BCUT2D eigenvalue weighted by Crippen LogP contribution is 2.48. The van der Waals surface area contributed by atoms with E-state index < -0.39 is 11.4 Å². The second-order valence-electron chi connectivity index (χ2n) is 5.91. The van der Waals surface area contributed by atoms with E-state index in [4.69, 9.17) is 0 Å². The first-order chi connectivity index (χ1) is 10.1. The van der Waals surface area contributed by atoms with Crippen molar-refractivity contribution in [2.75, 3.05) is 13.1 Å². The summed E-state index contributed by atoms with van der Waals surface area (Å²) in [7, 11) is 0. The summed E-state index contributed by atoms with van der Waals surface area (Å²) in [6.45, 7) is 1.22. The zero-order chi connectivity index (χ0) is 14.9. The topological polar surface area (TPSA) is 82.5 Å². The molecule has 1 aliphatic carbocycles. The molecule has 0 spiro atoms. The third-order valence-electron chi connectivity index (χ3n) is 4.73. The number of fused-ring (bicyclic) bond motifs is 1. The van der Waals surface area contributed by atoms with E-state index in [1.54, 1.807) is 11.1 Å².